The normalized spacial score (nSPS) is 18.8. The molecule has 4 nitrogen and oxygen atoms in total. The van der Waals surface area contributed by atoms with Crippen molar-refractivity contribution >= 4 is 5.97 Å². The highest BCUT2D eigenvalue weighted by molar-refractivity contribution is 5.81. The number of carboxylic acids is 1. The molecule has 3 N–H and O–H groups in total. The molecule has 0 bridgehead atoms. The van der Waals surface area contributed by atoms with Gasteiger partial charge in [-0.2, -0.15) is 0 Å². The van der Waals surface area contributed by atoms with Crippen LogP contribution >= 0.6 is 0 Å². The Morgan fingerprint density at radius 2 is 1.71 bits per heavy atom. The first kappa shape index (κ1) is 11.8. The average molecular weight is 236 g/mol. The molecule has 1 saturated carbocycles. The molecule has 4 heteroatoms. The van der Waals surface area contributed by atoms with Crippen LogP contribution in [0.5, 0.6) is 11.5 Å². The fourth-order valence-corrected chi connectivity index (χ4v) is 2.60. The van der Waals surface area contributed by atoms with E-state index in [0.29, 0.717) is 18.4 Å². The Labute approximate surface area is 99.5 Å². The molecule has 0 spiro atoms. The highest BCUT2D eigenvalue weighted by Gasteiger charge is 2.41. The van der Waals surface area contributed by atoms with Crippen molar-refractivity contribution in [2.24, 2.45) is 0 Å². The summed E-state index contributed by atoms with van der Waals surface area (Å²) >= 11 is 0. The second kappa shape index (κ2) is 4.28. The SMILES string of the molecule is O=C(O)C1(c2ccc(O)c(O)c2)CCCCC1. The van der Waals surface area contributed by atoms with E-state index >= 15 is 0 Å². The predicted octanol–water partition coefficient (Wildman–Crippen LogP) is 2.38. The zero-order chi connectivity index (χ0) is 12.5. The van der Waals surface area contributed by atoms with Crippen molar-refractivity contribution in [2.75, 3.05) is 0 Å². The summed E-state index contributed by atoms with van der Waals surface area (Å²) in [6, 6.07) is 4.31. The summed E-state index contributed by atoms with van der Waals surface area (Å²) in [5, 5.41) is 28.2. The maximum atomic E-state index is 11.5. The van der Waals surface area contributed by atoms with Gasteiger partial charge in [0.05, 0.1) is 5.41 Å². The fourth-order valence-electron chi connectivity index (χ4n) is 2.60. The van der Waals surface area contributed by atoms with Gasteiger partial charge >= 0.3 is 5.97 Å². The average Bonchev–Trinajstić information content (AvgIpc) is 2.33. The van der Waals surface area contributed by atoms with E-state index in [4.69, 9.17) is 0 Å². The van der Waals surface area contributed by atoms with E-state index in [1.165, 1.54) is 12.1 Å². The molecular weight excluding hydrogens is 220 g/mol. The van der Waals surface area contributed by atoms with Gasteiger partial charge in [-0.05, 0) is 30.5 Å². The molecular formula is C13H16O4. The molecule has 2 rings (SSSR count). The molecule has 17 heavy (non-hydrogen) atoms. The molecule has 0 atom stereocenters. The van der Waals surface area contributed by atoms with Gasteiger partial charge in [-0.15, -0.1) is 0 Å². The molecule has 0 aliphatic heterocycles. The van der Waals surface area contributed by atoms with Gasteiger partial charge in [0.2, 0.25) is 0 Å². The first-order valence-electron chi connectivity index (χ1n) is 5.82. The van der Waals surface area contributed by atoms with Crippen molar-refractivity contribution in [3.63, 3.8) is 0 Å². The minimum Gasteiger partial charge on any atom is -0.504 e. The molecule has 0 radical (unpaired) electrons. The summed E-state index contributed by atoms with van der Waals surface area (Å²) in [6.45, 7) is 0. The topological polar surface area (TPSA) is 77.8 Å². The summed E-state index contributed by atoms with van der Waals surface area (Å²) in [5.74, 6) is -1.32. The molecule has 1 aromatic rings. The molecule has 0 saturated heterocycles. The van der Waals surface area contributed by atoms with Crippen LogP contribution in [0.2, 0.25) is 0 Å². The van der Waals surface area contributed by atoms with Gasteiger partial charge in [-0.3, -0.25) is 4.79 Å². The molecule has 0 heterocycles. The predicted molar refractivity (Wildman–Crippen MR) is 62.2 cm³/mol. The van der Waals surface area contributed by atoms with Crippen molar-refractivity contribution in [3.8, 4) is 11.5 Å². The van der Waals surface area contributed by atoms with E-state index in [2.05, 4.69) is 0 Å². The standard InChI is InChI=1S/C13H16O4/c14-10-5-4-9(8-11(10)15)13(12(16)17)6-2-1-3-7-13/h4-5,8,14-15H,1-3,6-7H2,(H,16,17). The van der Waals surface area contributed by atoms with Crippen LogP contribution in [0.3, 0.4) is 0 Å². The van der Waals surface area contributed by atoms with Crippen molar-refractivity contribution < 1.29 is 20.1 Å². The van der Waals surface area contributed by atoms with Gasteiger partial charge in [0.15, 0.2) is 11.5 Å². The first-order chi connectivity index (χ1) is 8.06. The summed E-state index contributed by atoms with van der Waals surface area (Å²) in [4.78, 5) is 11.5. The molecule has 92 valence electrons. The zero-order valence-corrected chi connectivity index (χ0v) is 9.52. The summed E-state index contributed by atoms with van der Waals surface area (Å²) in [7, 11) is 0. The number of carboxylic acid groups (broad SMARTS) is 1. The molecule has 0 amide bonds. The second-order valence-corrected chi connectivity index (χ2v) is 4.65. The van der Waals surface area contributed by atoms with Crippen LogP contribution in [0.4, 0.5) is 0 Å². The van der Waals surface area contributed by atoms with Gasteiger partial charge in [-0.1, -0.05) is 25.3 Å². The van der Waals surface area contributed by atoms with Gasteiger partial charge in [0, 0.05) is 0 Å². The van der Waals surface area contributed by atoms with Crippen molar-refractivity contribution in [1.29, 1.82) is 0 Å². The van der Waals surface area contributed by atoms with Gasteiger partial charge < -0.3 is 15.3 Å². The minimum atomic E-state index is -0.899. The number of phenolic OH excluding ortho intramolecular Hbond substituents is 2. The summed E-state index contributed by atoms with van der Waals surface area (Å²) in [5.41, 5.74) is -0.316. The number of rotatable bonds is 2. The highest BCUT2D eigenvalue weighted by atomic mass is 16.4. The van der Waals surface area contributed by atoms with Gasteiger partial charge in [0.1, 0.15) is 0 Å². The highest BCUT2D eigenvalue weighted by Crippen LogP contribution is 2.42. The fraction of sp³-hybridized carbons (Fsp3) is 0.462. The largest absolute Gasteiger partial charge is 0.504 e. The maximum absolute atomic E-state index is 11.5. The molecule has 0 unspecified atom stereocenters. The monoisotopic (exact) mass is 236 g/mol. The van der Waals surface area contributed by atoms with Crippen molar-refractivity contribution in [1.82, 2.24) is 0 Å². The summed E-state index contributed by atoms with van der Waals surface area (Å²) < 4.78 is 0. The van der Waals surface area contributed by atoms with Crippen LogP contribution in [0, 0.1) is 0 Å². The Bertz CT molecular complexity index is 433. The molecule has 0 aromatic heterocycles. The lowest BCUT2D eigenvalue weighted by molar-refractivity contribution is -0.145. The smallest absolute Gasteiger partial charge is 0.314 e. The Balaban J connectivity index is 2.45. The lowest BCUT2D eigenvalue weighted by Crippen LogP contribution is -2.37. The van der Waals surface area contributed by atoms with Crippen molar-refractivity contribution in [3.05, 3.63) is 23.8 Å². The number of phenols is 2. The quantitative estimate of drug-likeness (QED) is 0.689. The van der Waals surface area contributed by atoms with E-state index in [9.17, 15) is 20.1 Å². The number of aliphatic carboxylic acids is 1. The molecule has 1 fully saturated rings. The Morgan fingerprint density at radius 1 is 1.06 bits per heavy atom. The lowest BCUT2D eigenvalue weighted by Gasteiger charge is -2.33. The van der Waals surface area contributed by atoms with Gasteiger partial charge in [-0.25, -0.2) is 0 Å². The van der Waals surface area contributed by atoms with Crippen LogP contribution in [0.1, 0.15) is 37.7 Å². The minimum absolute atomic E-state index is 0.218. The number of hydrogen-bond acceptors (Lipinski definition) is 3. The van der Waals surface area contributed by atoms with Crippen LogP contribution < -0.4 is 0 Å². The third kappa shape index (κ3) is 1.95. The first-order valence-corrected chi connectivity index (χ1v) is 5.82. The van der Waals surface area contributed by atoms with E-state index < -0.39 is 11.4 Å². The third-order valence-corrected chi connectivity index (χ3v) is 3.64. The van der Waals surface area contributed by atoms with Crippen LogP contribution in [-0.4, -0.2) is 21.3 Å². The summed E-state index contributed by atoms with van der Waals surface area (Å²) in [6.07, 6.45) is 4.00. The molecule has 1 aliphatic rings. The molecule has 1 aromatic carbocycles. The maximum Gasteiger partial charge on any atom is 0.314 e. The van der Waals surface area contributed by atoms with Gasteiger partial charge in [0.25, 0.3) is 0 Å². The zero-order valence-electron chi connectivity index (χ0n) is 9.52. The molecule has 1 aliphatic carbocycles. The number of hydrogen-bond donors (Lipinski definition) is 3. The Hall–Kier alpha value is -1.71. The Morgan fingerprint density at radius 3 is 2.24 bits per heavy atom. The third-order valence-electron chi connectivity index (χ3n) is 3.64. The van der Waals surface area contributed by atoms with E-state index in [1.807, 2.05) is 0 Å². The number of carbonyl (C=O) groups is 1. The van der Waals surface area contributed by atoms with Crippen LogP contribution in [0.15, 0.2) is 18.2 Å². The Kier molecular flexibility index (Phi) is 2.96. The van der Waals surface area contributed by atoms with E-state index in [1.54, 1.807) is 6.07 Å². The number of benzene rings is 1. The van der Waals surface area contributed by atoms with E-state index in [0.717, 1.165) is 19.3 Å². The van der Waals surface area contributed by atoms with E-state index in [-0.39, 0.29) is 11.5 Å². The van der Waals surface area contributed by atoms with Crippen LogP contribution in [-0.2, 0) is 10.2 Å². The van der Waals surface area contributed by atoms with Crippen LogP contribution in [0.25, 0.3) is 0 Å². The second-order valence-electron chi connectivity index (χ2n) is 4.65. The van der Waals surface area contributed by atoms with Crippen molar-refractivity contribution in [2.45, 2.75) is 37.5 Å². The lowest BCUT2D eigenvalue weighted by atomic mass is 9.69. The number of aromatic hydroxyl groups is 2.